The summed E-state index contributed by atoms with van der Waals surface area (Å²) in [6.45, 7) is 5.00. The Morgan fingerprint density at radius 2 is 1.81 bits per heavy atom. The predicted octanol–water partition coefficient (Wildman–Crippen LogP) is 3.97. The van der Waals surface area contributed by atoms with Crippen LogP contribution in [0, 0.1) is 13.8 Å². The number of benzene rings is 2. The van der Waals surface area contributed by atoms with Gasteiger partial charge in [-0.3, -0.25) is 9.59 Å². The van der Waals surface area contributed by atoms with E-state index in [-0.39, 0.29) is 18.4 Å². The molecule has 6 nitrogen and oxygen atoms in total. The molecule has 2 aromatic rings. The van der Waals surface area contributed by atoms with Crippen LogP contribution in [-0.2, 0) is 9.59 Å². The van der Waals surface area contributed by atoms with Crippen LogP contribution in [0.15, 0.2) is 30.3 Å². The first-order chi connectivity index (χ1) is 12.8. The minimum Gasteiger partial charge on any atom is -0.497 e. The van der Waals surface area contributed by atoms with Crippen LogP contribution in [0.2, 0.25) is 5.02 Å². The van der Waals surface area contributed by atoms with E-state index in [9.17, 15) is 9.59 Å². The molecule has 2 aromatic carbocycles. The number of ether oxygens (including phenoxy) is 2. The van der Waals surface area contributed by atoms with E-state index in [0.29, 0.717) is 27.9 Å². The molecule has 0 spiro atoms. The molecule has 0 atom stereocenters. The molecule has 7 heteroatoms. The van der Waals surface area contributed by atoms with Crippen LogP contribution in [0.5, 0.6) is 11.5 Å². The Balaban J connectivity index is 2.26. The van der Waals surface area contributed by atoms with Crippen molar-refractivity contribution >= 4 is 34.8 Å². The van der Waals surface area contributed by atoms with Gasteiger partial charge in [0.2, 0.25) is 11.8 Å². The van der Waals surface area contributed by atoms with Crippen molar-refractivity contribution in [2.45, 2.75) is 20.8 Å². The number of anilines is 2. The van der Waals surface area contributed by atoms with Gasteiger partial charge in [0.1, 0.15) is 18.0 Å². The lowest BCUT2D eigenvalue weighted by molar-refractivity contribution is -0.120. The first-order valence-electron chi connectivity index (χ1n) is 8.33. The van der Waals surface area contributed by atoms with Gasteiger partial charge in [0, 0.05) is 13.0 Å². The molecule has 2 rings (SSSR count). The standard InChI is InChI=1S/C20H23ClN2O4/c1-12-8-13(2)20(16(21)9-12)23(14(3)24)11-19(25)22-17-7-6-15(26-4)10-18(17)27-5/h6-10H,11H2,1-5H3,(H,22,25). The Hall–Kier alpha value is -2.73. The van der Waals surface area contributed by atoms with Crippen LogP contribution in [-0.4, -0.2) is 32.6 Å². The van der Waals surface area contributed by atoms with Gasteiger partial charge in [-0.15, -0.1) is 0 Å². The molecule has 0 saturated heterocycles. The highest BCUT2D eigenvalue weighted by Crippen LogP contribution is 2.32. The maximum absolute atomic E-state index is 12.6. The zero-order valence-corrected chi connectivity index (χ0v) is 16.8. The molecule has 0 aromatic heterocycles. The summed E-state index contributed by atoms with van der Waals surface area (Å²) in [6.07, 6.45) is 0. The summed E-state index contributed by atoms with van der Waals surface area (Å²) < 4.78 is 10.4. The number of halogens is 1. The third kappa shape index (κ3) is 4.92. The largest absolute Gasteiger partial charge is 0.497 e. The van der Waals surface area contributed by atoms with Gasteiger partial charge in [0.15, 0.2) is 0 Å². The Morgan fingerprint density at radius 3 is 2.37 bits per heavy atom. The van der Waals surface area contributed by atoms with E-state index >= 15 is 0 Å². The van der Waals surface area contributed by atoms with Gasteiger partial charge in [-0.25, -0.2) is 0 Å². The minimum absolute atomic E-state index is 0.172. The van der Waals surface area contributed by atoms with E-state index in [1.165, 1.54) is 18.9 Å². The van der Waals surface area contributed by atoms with Gasteiger partial charge in [-0.1, -0.05) is 17.7 Å². The van der Waals surface area contributed by atoms with Gasteiger partial charge < -0.3 is 19.7 Å². The first-order valence-corrected chi connectivity index (χ1v) is 8.71. The van der Waals surface area contributed by atoms with E-state index in [2.05, 4.69) is 5.32 Å². The maximum atomic E-state index is 12.6. The fourth-order valence-electron chi connectivity index (χ4n) is 2.83. The van der Waals surface area contributed by atoms with Crippen molar-refractivity contribution in [1.29, 1.82) is 0 Å². The summed E-state index contributed by atoms with van der Waals surface area (Å²) in [5.41, 5.74) is 2.83. The van der Waals surface area contributed by atoms with Crippen LogP contribution in [0.3, 0.4) is 0 Å². The van der Waals surface area contributed by atoms with Crippen LogP contribution in [0.1, 0.15) is 18.1 Å². The van der Waals surface area contributed by atoms with Gasteiger partial charge in [-0.2, -0.15) is 0 Å². The van der Waals surface area contributed by atoms with E-state index < -0.39 is 0 Å². The average molecular weight is 391 g/mol. The van der Waals surface area contributed by atoms with E-state index in [4.69, 9.17) is 21.1 Å². The fourth-order valence-corrected chi connectivity index (χ4v) is 3.26. The summed E-state index contributed by atoms with van der Waals surface area (Å²) in [4.78, 5) is 26.1. The van der Waals surface area contributed by atoms with Crippen molar-refractivity contribution in [3.05, 3.63) is 46.5 Å². The maximum Gasteiger partial charge on any atom is 0.244 e. The highest BCUT2D eigenvalue weighted by atomic mass is 35.5. The average Bonchev–Trinajstić information content (AvgIpc) is 2.60. The number of hydrogen-bond donors (Lipinski definition) is 1. The number of amides is 2. The van der Waals surface area contributed by atoms with Crippen LogP contribution < -0.4 is 19.7 Å². The van der Waals surface area contributed by atoms with Crippen LogP contribution in [0.25, 0.3) is 0 Å². The van der Waals surface area contributed by atoms with E-state index in [0.717, 1.165) is 11.1 Å². The SMILES string of the molecule is COc1ccc(NC(=O)CN(C(C)=O)c2c(C)cc(C)cc2Cl)c(OC)c1. The van der Waals surface area contributed by atoms with Crippen molar-refractivity contribution in [1.82, 2.24) is 0 Å². The molecule has 0 heterocycles. The zero-order chi connectivity index (χ0) is 20.1. The normalized spacial score (nSPS) is 10.3. The number of nitrogens with zero attached hydrogens (tertiary/aromatic N) is 1. The Bertz CT molecular complexity index is 844. The molecule has 0 aliphatic heterocycles. The highest BCUT2D eigenvalue weighted by molar-refractivity contribution is 6.34. The fraction of sp³-hybridized carbons (Fsp3) is 0.300. The lowest BCUT2D eigenvalue weighted by Crippen LogP contribution is -2.37. The molecule has 0 aliphatic carbocycles. The number of carbonyl (C=O) groups excluding carboxylic acids is 2. The molecule has 0 saturated carbocycles. The number of hydrogen-bond acceptors (Lipinski definition) is 4. The summed E-state index contributed by atoms with van der Waals surface area (Å²) in [7, 11) is 3.05. The quantitative estimate of drug-likeness (QED) is 0.810. The summed E-state index contributed by atoms with van der Waals surface area (Å²) in [5.74, 6) is 0.421. The molecular formula is C20H23ClN2O4. The van der Waals surface area contributed by atoms with Crippen LogP contribution >= 0.6 is 11.6 Å². The van der Waals surface area contributed by atoms with Gasteiger partial charge in [0.25, 0.3) is 0 Å². The Labute approximate surface area is 164 Å². The second-order valence-corrected chi connectivity index (χ2v) is 6.54. The number of carbonyl (C=O) groups is 2. The van der Waals surface area contributed by atoms with E-state index in [1.807, 2.05) is 19.9 Å². The lowest BCUT2D eigenvalue weighted by Gasteiger charge is -2.24. The number of aryl methyl sites for hydroxylation is 2. The first kappa shape index (κ1) is 20.6. The molecule has 1 N–H and O–H groups in total. The number of nitrogens with one attached hydrogen (secondary N) is 1. The monoisotopic (exact) mass is 390 g/mol. The smallest absolute Gasteiger partial charge is 0.244 e. The van der Waals surface area contributed by atoms with Crippen molar-refractivity contribution in [2.75, 3.05) is 31.0 Å². The molecule has 0 aliphatic rings. The molecule has 27 heavy (non-hydrogen) atoms. The van der Waals surface area contributed by atoms with Gasteiger partial charge in [-0.05, 0) is 43.2 Å². The zero-order valence-electron chi connectivity index (χ0n) is 16.1. The number of rotatable bonds is 6. The summed E-state index contributed by atoms with van der Waals surface area (Å²) >= 11 is 6.34. The van der Waals surface area contributed by atoms with Crippen molar-refractivity contribution in [3.63, 3.8) is 0 Å². The molecule has 2 amide bonds. The van der Waals surface area contributed by atoms with Gasteiger partial charge in [0.05, 0.1) is 30.6 Å². The van der Waals surface area contributed by atoms with Crippen LogP contribution in [0.4, 0.5) is 11.4 Å². The van der Waals surface area contributed by atoms with Crippen molar-refractivity contribution in [2.24, 2.45) is 0 Å². The molecule has 0 bridgehead atoms. The second-order valence-electron chi connectivity index (χ2n) is 6.13. The summed E-state index contributed by atoms with van der Waals surface area (Å²) in [6, 6.07) is 8.74. The van der Waals surface area contributed by atoms with E-state index in [1.54, 1.807) is 31.4 Å². The van der Waals surface area contributed by atoms with Gasteiger partial charge >= 0.3 is 0 Å². The third-order valence-electron chi connectivity index (χ3n) is 4.03. The number of methoxy groups -OCH3 is 2. The minimum atomic E-state index is -0.371. The third-order valence-corrected chi connectivity index (χ3v) is 4.32. The van der Waals surface area contributed by atoms with Crippen molar-refractivity contribution in [3.8, 4) is 11.5 Å². The molecule has 0 fully saturated rings. The van der Waals surface area contributed by atoms with Crippen molar-refractivity contribution < 1.29 is 19.1 Å². The second kappa shape index (κ2) is 8.77. The topological polar surface area (TPSA) is 67.9 Å². The Morgan fingerprint density at radius 1 is 1.11 bits per heavy atom. The lowest BCUT2D eigenvalue weighted by atomic mass is 10.1. The predicted molar refractivity (Wildman–Crippen MR) is 107 cm³/mol. The molecule has 0 unspecified atom stereocenters. The summed E-state index contributed by atoms with van der Waals surface area (Å²) in [5, 5.41) is 3.19. The highest BCUT2D eigenvalue weighted by Gasteiger charge is 2.21. The molecule has 0 radical (unpaired) electrons. The molecule has 144 valence electrons. The molecular weight excluding hydrogens is 368 g/mol. The Kier molecular flexibility index (Phi) is 6.69.